The van der Waals surface area contributed by atoms with E-state index in [1.54, 1.807) is 0 Å². The minimum absolute atomic E-state index is 0.00829. The number of nitrogens with one attached hydrogen (secondary N) is 1. The molecule has 1 fully saturated rings. The largest absolute Gasteiger partial charge is 0.376 e. The summed E-state index contributed by atoms with van der Waals surface area (Å²) in [6.07, 6.45) is 1.42. The third kappa shape index (κ3) is 4.63. The number of amides is 1. The minimum Gasteiger partial charge on any atom is -0.376 e. The zero-order valence-corrected chi connectivity index (χ0v) is 10.9. The predicted octanol–water partition coefficient (Wildman–Crippen LogP) is 1.28. The van der Waals surface area contributed by atoms with Gasteiger partial charge in [-0.3, -0.25) is 4.79 Å². The lowest BCUT2D eigenvalue weighted by molar-refractivity contribution is -0.131. The fourth-order valence-corrected chi connectivity index (χ4v) is 1.74. The van der Waals surface area contributed by atoms with Crippen LogP contribution in [0.5, 0.6) is 0 Å². The van der Waals surface area contributed by atoms with Gasteiger partial charge in [0, 0.05) is 25.3 Å². The lowest BCUT2D eigenvalue weighted by atomic mass is 10.2. The highest BCUT2D eigenvalue weighted by molar-refractivity contribution is 5.90. The first-order chi connectivity index (χ1) is 9.28. The fourth-order valence-electron chi connectivity index (χ4n) is 1.74. The maximum absolute atomic E-state index is 11.7. The highest BCUT2D eigenvalue weighted by Gasteiger charge is 2.18. The van der Waals surface area contributed by atoms with Gasteiger partial charge < -0.3 is 20.5 Å². The van der Waals surface area contributed by atoms with E-state index in [0.717, 1.165) is 17.7 Å². The summed E-state index contributed by atoms with van der Waals surface area (Å²) in [5.74, 6) is 0.00829. The van der Waals surface area contributed by atoms with Gasteiger partial charge in [-0.15, -0.1) is 0 Å². The third-order valence-corrected chi connectivity index (χ3v) is 2.98. The number of carbonyl (C=O) groups is 1. The topological polar surface area (TPSA) is 73.6 Å². The molecule has 0 saturated carbocycles. The zero-order chi connectivity index (χ0) is 13.5. The van der Waals surface area contributed by atoms with E-state index < -0.39 is 0 Å². The van der Waals surface area contributed by atoms with Crippen LogP contribution >= 0.6 is 0 Å². The molecule has 1 aliphatic rings. The number of hydrogen-bond acceptors (Lipinski definition) is 4. The Bertz CT molecular complexity index is 402. The molecule has 1 aromatic carbocycles. The first kappa shape index (κ1) is 14.0. The van der Waals surface area contributed by atoms with Crippen LogP contribution in [0.1, 0.15) is 18.4 Å². The Kier molecular flexibility index (Phi) is 5.32. The standard InChI is InChI=1S/C14H20N2O3/c15-8-11-3-5-12(6-4-11)16-14(17)2-1-7-19-13-9-18-10-13/h3-6,13H,1-2,7-10,15H2,(H,16,17). The summed E-state index contributed by atoms with van der Waals surface area (Å²) in [5, 5.41) is 2.85. The Labute approximate surface area is 113 Å². The van der Waals surface area contributed by atoms with Crippen LogP contribution in [0.2, 0.25) is 0 Å². The van der Waals surface area contributed by atoms with E-state index in [9.17, 15) is 4.79 Å². The molecular formula is C14H20N2O3. The second-order valence-electron chi connectivity index (χ2n) is 4.58. The average Bonchev–Trinajstić information content (AvgIpc) is 2.37. The first-order valence-electron chi connectivity index (χ1n) is 6.56. The maximum atomic E-state index is 11.7. The van der Waals surface area contributed by atoms with Crippen molar-refractivity contribution in [2.24, 2.45) is 5.73 Å². The molecule has 1 aromatic rings. The van der Waals surface area contributed by atoms with E-state index in [1.165, 1.54) is 0 Å². The minimum atomic E-state index is 0.00829. The van der Waals surface area contributed by atoms with Crippen LogP contribution in [0.25, 0.3) is 0 Å². The van der Waals surface area contributed by atoms with Gasteiger partial charge in [-0.2, -0.15) is 0 Å². The summed E-state index contributed by atoms with van der Waals surface area (Å²) in [5.41, 5.74) is 7.36. The van der Waals surface area contributed by atoms with Crippen molar-refractivity contribution in [1.29, 1.82) is 0 Å². The van der Waals surface area contributed by atoms with Crippen LogP contribution in [-0.2, 0) is 20.8 Å². The van der Waals surface area contributed by atoms with E-state index in [2.05, 4.69) is 5.32 Å². The van der Waals surface area contributed by atoms with Crippen molar-refractivity contribution >= 4 is 11.6 Å². The van der Waals surface area contributed by atoms with Gasteiger partial charge >= 0.3 is 0 Å². The molecule has 5 heteroatoms. The van der Waals surface area contributed by atoms with Crippen molar-refractivity contribution in [3.63, 3.8) is 0 Å². The second-order valence-corrected chi connectivity index (χ2v) is 4.58. The van der Waals surface area contributed by atoms with Crippen LogP contribution in [0.15, 0.2) is 24.3 Å². The second kappa shape index (κ2) is 7.23. The van der Waals surface area contributed by atoms with Crippen LogP contribution in [-0.4, -0.2) is 31.8 Å². The summed E-state index contributed by atoms with van der Waals surface area (Å²) in [6, 6.07) is 7.55. The third-order valence-electron chi connectivity index (χ3n) is 2.98. The Morgan fingerprint density at radius 3 is 2.68 bits per heavy atom. The van der Waals surface area contributed by atoms with Crippen molar-refractivity contribution in [3.05, 3.63) is 29.8 Å². The number of anilines is 1. The predicted molar refractivity (Wildman–Crippen MR) is 72.8 cm³/mol. The number of hydrogen-bond donors (Lipinski definition) is 2. The number of rotatable bonds is 7. The van der Waals surface area contributed by atoms with Gasteiger partial charge in [0.15, 0.2) is 0 Å². The molecule has 0 bridgehead atoms. The van der Waals surface area contributed by atoms with Crippen LogP contribution < -0.4 is 11.1 Å². The van der Waals surface area contributed by atoms with Gasteiger partial charge in [-0.05, 0) is 24.1 Å². The van der Waals surface area contributed by atoms with E-state index in [0.29, 0.717) is 32.8 Å². The summed E-state index contributed by atoms with van der Waals surface area (Å²) in [4.78, 5) is 11.7. The molecule has 0 unspecified atom stereocenters. The number of benzene rings is 1. The Morgan fingerprint density at radius 2 is 2.11 bits per heavy atom. The van der Waals surface area contributed by atoms with E-state index in [-0.39, 0.29) is 12.0 Å². The molecule has 19 heavy (non-hydrogen) atoms. The van der Waals surface area contributed by atoms with Gasteiger partial charge in [-0.1, -0.05) is 12.1 Å². The number of carbonyl (C=O) groups excluding carboxylic acids is 1. The van der Waals surface area contributed by atoms with E-state index in [4.69, 9.17) is 15.2 Å². The van der Waals surface area contributed by atoms with Crippen molar-refractivity contribution in [1.82, 2.24) is 0 Å². The average molecular weight is 264 g/mol. The van der Waals surface area contributed by atoms with Crippen LogP contribution in [0, 0.1) is 0 Å². The summed E-state index contributed by atoms with van der Waals surface area (Å²) >= 11 is 0. The molecule has 1 heterocycles. The van der Waals surface area contributed by atoms with Crippen molar-refractivity contribution in [3.8, 4) is 0 Å². The number of nitrogens with two attached hydrogens (primary N) is 1. The first-order valence-corrected chi connectivity index (χ1v) is 6.56. The zero-order valence-electron chi connectivity index (χ0n) is 10.9. The molecule has 0 atom stereocenters. The maximum Gasteiger partial charge on any atom is 0.224 e. The fraction of sp³-hybridized carbons (Fsp3) is 0.500. The molecule has 0 aromatic heterocycles. The van der Waals surface area contributed by atoms with Crippen molar-refractivity contribution in [2.75, 3.05) is 25.1 Å². The summed E-state index contributed by atoms with van der Waals surface area (Å²) < 4.78 is 10.5. The molecule has 5 nitrogen and oxygen atoms in total. The smallest absolute Gasteiger partial charge is 0.224 e. The molecule has 1 saturated heterocycles. The van der Waals surface area contributed by atoms with Crippen molar-refractivity contribution in [2.45, 2.75) is 25.5 Å². The van der Waals surface area contributed by atoms with Gasteiger partial charge in [-0.25, -0.2) is 0 Å². The van der Waals surface area contributed by atoms with Gasteiger partial charge in [0.25, 0.3) is 0 Å². The quantitative estimate of drug-likeness (QED) is 0.728. The normalized spacial score (nSPS) is 15.0. The van der Waals surface area contributed by atoms with Gasteiger partial charge in [0.05, 0.1) is 13.2 Å². The molecule has 0 radical (unpaired) electrons. The molecule has 3 N–H and O–H groups in total. The SMILES string of the molecule is NCc1ccc(NC(=O)CCCOC2COC2)cc1. The molecule has 1 amide bonds. The molecule has 2 rings (SSSR count). The lowest BCUT2D eigenvalue weighted by Gasteiger charge is -2.25. The molecule has 0 spiro atoms. The Hall–Kier alpha value is -1.43. The van der Waals surface area contributed by atoms with E-state index in [1.807, 2.05) is 24.3 Å². The van der Waals surface area contributed by atoms with Gasteiger partial charge in [0.1, 0.15) is 6.10 Å². The highest BCUT2D eigenvalue weighted by Crippen LogP contribution is 2.10. The van der Waals surface area contributed by atoms with Crippen LogP contribution in [0.4, 0.5) is 5.69 Å². The molecule has 104 valence electrons. The van der Waals surface area contributed by atoms with Crippen LogP contribution in [0.3, 0.4) is 0 Å². The monoisotopic (exact) mass is 264 g/mol. The molecule has 0 aliphatic carbocycles. The summed E-state index contributed by atoms with van der Waals surface area (Å²) in [6.45, 7) is 2.48. The summed E-state index contributed by atoms with van der Waals surface area (Å²) in [7, 11) is 0. The van der Waals surface area contributed by atoms with Crippen molar-refractivity contribution < 1.29 is 14.3 Å². The number of ether oxygens (including phenoxy) is 2. The Balaban J connectivity index is 1.62. The van der Waals surface area contributed by atoms with E-state index >= 15 is 0 Å². The lowest BCUT2D eigenvalue weighted by Crippen LogP contribution is -2.36. The molecular weight excluding hydrogens is 244 g/mol. The highest BCUT2D eigenvalue weighted by atomic mass is 16.6. The molecule has 1 aliphatic heterocycles. The van der Waals surface area contributed by atoms with Gasteiger partial charge in [0.2, 0.25) is 5.91 Å². The Morgan fingerprint density at radius 1 is 1.37 bits per heavy atom.